The van der Waals surface area contributed by atoms with Crippen molar-refractivity contribution in [3.63, 3.8) is 0 Å². The maximum atomic E-state index is 5.43. The van der Waals surface area contributed by atoms with E-state index in [1.165, 1.54) is 30.8 Å². The van der Waals surface area contributed by atoms with Crippen molar-refractivity contribution in [1.29, 1.82) is 0 Å². The van der Waals surface area contributed by atoms with E-state index in [1.54, 1.807) is 5.57 Å². The van der Waals surface area contributed by atoms with Gasteiger partial charge in [0.25, 0.3) is 0 Å². The van der Waals surface area contributed by atoms with Gasteiger partial charge in [-0.2, -0.15) is 11.8 Å². The Morgan fingerprint density at radius 1 is 1.40 bits per heavy atom. The second-order valence-corrected chi connectivity index (χ2v) is 3.79. The Morgan fingerprint density at radius 2 is 2.30 bits per heavy atom. The predicted octanol–water partition coefficient (Wildman–Crippen LogP) is 1.79. The topological polar surface area (TPSA) is 26.0 Å². The summed E-state index contributed by atoms with van der Waals surface area (Å²) in [5.74, 6) is 2.63. The van der Waals surface area contributed by atoms with E-state index in [4.69, 9.17) is 5.73 Å². The van der Waals surface area contributed by atoms with Crippen molar-refractivity contribution in [2.75, 3.05) is 18.1 Å². The Labute approximate surface area is 67.1 Å². The molecule has 0 atom stereocenters. The van der Waals surface area contributed by atoms with E-state index >= 15 is 0 Å². The first-order valence-electron chi connectivity index (χ1n) is 3.89. The minimum Gasteiger partial charge on any atom is -0.327 e. The lowest BCUT2D eigenvalue weighted by Crippen LogP contribution is -1.96. The molecule has 1 fully saturated rings. The summed E-state index contributed by atoms with van der Waals surface area (Å²) < 4.78 is 0. The monoisotopic (exact) mass is 157 g/mol. The first-order chi connectivity index (χ1) is 4.93. The number of rotatable bonds is 1. The zero-order chi connectivity index (χ0) is 7.23. The van der Waals surface area contributed by atoms with Gasteiger partial charge in [-0.05, 0) is 30.8 Å². The molecule has 1 nitrogen and oxygen atoms in total. The van der Waals surface area contributed by atoms with Gasteiger partial charge in [0.2, 0.25) is 0 Å². The molecule has 10 heavy (non-hydrogen) atoms. The Hall–Kier alpha value is 0.0500. The van der Waals surface area contributed by atoms with Crippen molar-refractivity contribution < 1.29 is 0 Å². The molecule has 58 valence electrons. The molecule has 1 aliphatic heterocycles. The summed E-state index contributed by atoms with van der Waals surface area (Å²) in [5.41, 5.74) is 7.00. The van der Waals surface area contributed by atoms with Gasteiger partial charge in [0.05, 0.1) is 0 Å². The lowest BCUT2D eigenvalue weighted by Gasteiger charge is -1.98. The van der Waals surface area contributed by atoms with E-state index in [2.05, 4.69) is 17.8 Å². The Balaban J connectivity index is 2.35. The molecular weight excluding hydrogens is 142 g/mol. The second-order valence-electron chi connectivity index (χ2n) is 2.56. The summed E-state index contributed by atoms with van der Waals surface area (Å²) in [6, 6.07) is 0. The van der Waals surface area contributed by atoms with Crippen LogP contribution in [0.5, 0.6) is 0 Å². The van der Waals surface area contributed by atoms with E-state index in [0.29, 0.717) is 0 Å². The smallest absolute Gasteiger partial charge is 0.0109 e. The second kappa shape index (κ2) is 4.80. The van der Waals surface area contributed by atoms with Gasteiger partial charge >= 0.3 is 0 Å². The van der Waals surface area contributed by atoms with Crippen LogP contribution in [-0.4, -0.2) is 18.1 Å². The number of allylic oxidation sites excluding steroid dienone is 1. The Kier molecular flexibility index (Phi) is 3.91. The fourth-order valence-electron chi connectivity index (χ4n) is 1.20. The molecule has 0 bridgehead atoms. The van der Waals surface area contributed by atoms with Crippen molar-refractivity contribution in [3.05, 3.63) is 11.6 Å². The van der Waals surface area contributed by atoms with Gasteiger partial charge in [-0.3, -0.25) is 0 Å². The van der Waals surface area contributed by atoms with Crippen LogP contribution in [0.3, 0.4) is 0 Å². The van der Waals surface area contributed by atoms with Crippen LogP contribution in [0.2, 0.25) is 0 Å². The molecule has 1 saturated heterocycles. The number of hydrogen-bond acceptors (Lipinski definition) is 2. The average Bonchev–Trinajstić information content (AvgIpc) is 2.17. The standard InChI is InChI=1S/C8H15NS/c9-5-3-8-2-1-6-10-7-4-8/h3H,1-2,4-7,9H2/b8-3+. The molecule has 0 aromatic rings. The molecular formula is C8H15NS. The van der Waals surface area contributed by atoms with Gasteiger partial charge in [-0.25, -0.2) is 0 Å². The Bertz CT molecular complexity index is 110. The number of thioether (sulfide) groups is 1. The maximum absolute atomic E-state index is 5.43. The summed E-state index contributed by atoms with van der Waals surface area (Å²) >= 11 is 2.06. The van der Waals surface area contributed by atoms with E-state index in [9.17, 15) is 0 Å². The third kappa shape index (κ3) is 2.76. The molecule has 2 heteroatoms. The largest absolute Gasteiger partial charge is 0.327 e. The first-order valence-corrected chi connectivity index (χ1v) is 5.04. The van der Waals surface area contributed by atoms with Crippen LogP contribution in [0.4, 0.5) is 0 Å². The fraction of sp³-hybridized carbons (Fsp3) is 0.750. The highest BCUT2D eigenvalue weighted by atomic mass is 32.2. The van der Waals surface area contributed by atoms with Crippen molar-refractivity contribution in [1.82, 2.24) is 0 Å². The average molecular weight is 157 g/mol. The van der Waals surface area contributed by atoms with Gasteiger partial charge in [0, 0.05) is 6.54 Å². The summed E-state index contributed by atoms with van der Waals surface area (Å²) in [6.07, 6.45) is 6.08. The van der Waals surface area contributed by atoms with Crippen LogP contribution in [0.25, 0.3) is 0 Å². The fourth-order valence-corrected chi connectivity index (χ4v) is 2.16. The van der Waals surface area contributed by atoms with Gasteiger partial charge in [0.15, 0.2) is 0 Å². The van der Waals surface area contributed by atoms with Crippen molar-refractivity contribution in [3.8, 4) is 0 Å². The van der Waals surface area contributed by atoms with E-state index < -0.39 is 0 Å². The predicted molar refractivity (Wildman–Crippen MR) is 48.3 cm³/mol. The third-order valence-corrected chi connectivity index (χ3v) is 2.83. The summed E-state index contributed by atoms with van der Waals surface area (Å²) in [7, 11) is 0. The number of nitrogens with two attached hydrogens (primary N) is 1. The minimum absolute atomic E-state index is 0.722. The van der Waals surface area contributed by atoms with Crippen LogP contribution < -0.4 is 5.73 Å². The molecule has 0 aromatic heterocycles. The highest BCUT2D eigenvalue weighted by Crippen LogP contribution is 2.20. The Morgan fingerprint density at radius 3 is 3.10 bits per heavy atom. The van der Waals surface area contributed by atoms with Crippen LogP contribution in [0.1, 0.15) is 19.3 Å². The van der Waals surface area contributed by atoms with Crippen molar-refractivity contribution in [2.24, 2.45) is 5.73 Å². The molecule has 0 radical (unpaired) electrons. The van der Waals surface area contributed by atoms with Crippen LogP contribution >= 0.6 is 11.8 Å². The van der Waals surface area contributed by atoms with Gasteiger partial charge in [-0.15, -0.1) is 0 Å². The highest BCUT2D eigenvalue weighted by Gasteiger charge is 2.02. The zero-order valence-corrected chi connectivity index (χ0v) is 7.12. The lowest BCUT2D eigenvalue weighted by atomic mass is 10.1. The molecule has 0 aromatic carbocycles. The minimum atomic E-state index is 0.722. The molecule has 1 aliphatic rings. The molecule has 0 unspecified atom stereocenters. The van der Waals surface area contributed by atoms with Gasteiger partial charge < -0.3 is 5.73 Å². The molecule has 0 aliphatic carbocycles. The molecule has 1 heterocycles. The van der Waals surface area contributed by atoms with E-state index in [0.717, 1.165) is 6.54 Å². The molecule has 0 spiro atoms. The first kappa shape index (κ1) is 8.15. The normalized spacial score (nSPS) is 24.7. The van der Waals surface area contributed by atoms with Crippen LogP contribution in [0.15, 0.2) is 11.6 Å². The summed E-state index contributed by atoms with van der Waals surface area (Å²) in [6.45, 7) is 0.722. The molecule has 0 amide bonds. The van der Waals surface area contributed by atoms with E-state index in [-0.39, 0.29) is 0 Å². The number of hydrogen-bond donors (Lipinski definition) is 1. The molecule has 2 N–H and O–H groups in total. The van der Waals surface area contributed by atoms with Crippen molar-refractivity contribution in [2.45, 2.75) is 19.3 Å². The highest BCUT2D eigenvalue weighted by molar-refractivity contribution is 7.99. The lowest BCUT2D eigenvalue weighted by molar-refractivity contribution is 0.881. The van der Waals surface area contributed by atoms with Crippen LogP contribution in [-0.2, 0) is 0 Å². The third-order valence-electron chi connectivity index (χ3n) is 1.76. The zero-order valence-electron chi connectivity index (χ0n) is 6.31. The molecule has 1 rings (SSSR count). The van der Waals surface area contributed by atoms with Gasteiger partial charge in [0.1, 0.15) is 0 Å². The quantitative estimate of drug-likeness (QED) is 0.587. The summed E-state index contributed by atoms with van der Waals surface area (Å²) in [5, 5.41) is 0. The van der Waals surface area contributed by atoms with Crippen molar-refractivity contribution >= 4 is 11.8 Å². The SMILES string of the molecule is NC/C=C1\CCCSCC1. The maximum Gasteiger partial charge on any atom is 0.0109 e. The van der Waals surface area contributed by atoms with Gasteiger partial charge in [-0.1, -0.05) is 11.6 Å². The summed E-state index contributed by atoms with van der Waals surface area (Å²) in [4.78, 5) is 0. The molecule has 0 saturated carbocycles. The van der Waals surface area contributed by atoms with Crippen LogP contribution in [0, 0.1) is 0 Å². The van der Waals surface area contributed by atoms with E-state index in [1.807, 2.05) is 0 Å².